The van der Waals surface area contributed by atoms with Crippen molar-refractivity contribution < 1.29 is 9.53 Å². The normalized spacial score (nSPS) is 22.8. The minimum atomic E-state index is -0.0248. The molecule has 0 bridgehead atoms. The van der Waals surface area contributed by atoms with E-state index < -0.39 is 0 Å². The molecule has 2 rings (SSSR count). The lowest BCUT2D eigenvalue weighted by Gasteiger charge is -2.22. The number of aryl methyl sites for hydroxylation is 1. The highest BCUT2D eigenvalue weighted by Gasteiger charge is 2.20. The molecule has 1 aliphatic rings. The van der Waals surface area contributed by atoms with Gasteiger partial charge in [-0.2, -0.15) is 0 Å². The average Bonchev–Trinajstić information content (AvgIpc) is 2.53. The Labute approximate surface area is 80.7 Å². The van der Waals surface area contributed by atoms with Crippen molar-refractivity contribution in [1.29, 1.82) is 0 Å². The summed E-state index contributed by atoms with van der Waals surface area (Å²) in [6, 6.07) is 2.10. The minimum absolute atomic E-state index is 0.0248. The van der Waals surface area contributed by atoms with E-state index in [1.165, 1.54) is 10.4 Å². The van der Waals surface area contributed by atoms with Gasteiger partial charge in [-0.25, -0.2) is 0 Å². The van der Waals surface area contributed by atoms with Crippen LogP contribution in [0.15, 0.2) is 11.4 Å². The molecule has 13 heavy (non-hydrogen) atoms. The highest BCUT2D eigenvalue weighted by Crippen LogP contribution is 2.23. The van der Waals surface area contributed by atoms with Gasteiger partial charge in [-0.05, 0) is 23.9 Å². The van der Waals surface area contributed by atoms with E-state index in [0.717, 1.165) is 0 Å². The van der Waals surface area contributed by atoms with E-state index >= 15 is 0 Å². The highest BCUT2D eigenvalue weighted by molar-refractivity contribution is 7.10. The van der Waals surface area contributed by atoms with Crippen LogP contribution in [0, 0.1) is 6.92 Å². The lowest BCUT2D eigenvalue weighted by atomic mass is 10.1. The molecule has 1 aromatic heterocycles. The number of carbonyl (C=O) groups excluding carboxylic acids is 1. The Bertz CT molecular complexity index is 311. The summed E-state index contributed by atoms with van der Waals surface area (Å²) in [5.41, 5.74) is 1.17. The van der Waals surface area contributed by atoms with Crippen LogP contribution in [0.5, 0.6) is 0 Å². The van der Waals surface area contributed by atoms with E-state index in [9.17, 15) is 4.79 Å². The molecule has 70 valence electrons. The number of carbonyl (C=O) groups is 1. The summed E-state index contributed by atoms with van der Waals surface area (Å²) in [6.07, 6.45) is 0.0441. The van der Waals surface area contributed by atoms with E-state index in [2.05, 4.69) is 23.7 Å². The number of hydrogen-bond acceptors (Lipinski definition) is 3. The molecule has 1 atom stereocenters. The molecule has 1 amide bonds. The molecule has 1 fully saturated rings. The maximum atomic E-state index is 10.8. The number of amides is 1. The van der Waals surface area contributed by atoms with Crippen molar-refractivity contribution in [2.75, 3.05) is 13.2 Å². The third-order valence-corrected chi connectivity index (χ3v) is 2.90. The molecular weight excluding hydrogens is 186 g/mol. The van der Waals surface area contributed by atoms with Gasteiger partial charge in [0.2, 0.25) is 5.91 Å². The van der Waals surface area contributed by atoms with Crippen LogP contribution in [0.1, 0.15) is 16.5 Å². The number of hydrogen-bond donors (Lipinski definition) is 1. The Morgan fingerprint density at radius 3 is 3.08 bits per heavy atom. The standard InChI is InChI=1S/C9H11NO2S/c1-6-2-7(5-13-6)8-3-10-9(11)4-12-8/h2,5,8H,3-4H2,1H3,(H,10,11). The molecule has 1 N–H and O–H groups in total. The smallest absolute Gasteiger partial charge is 0.246 e. The lowest BCUT2D eigenvalue weighted by Crippen LogP contribution is -2.38. The fourth-order valence-corrected chi connectivity index (χ4v) is 2.09. The molecule has 3 nitrogen and oxygen atoms in total. The maximum absolute atomic E-state index is 10.8. The predicted octanol–water partition coefficient (Wildman–Crippen LogP) is 1.24. The van der Waals surface area contributed by atoms with E-state index in [0.29, 0.717) is 6.54 Å². The van der Waals surface area contributed by atoms with E-state index in [1.807, 2.05) is 0 Å². The summed E-state index contributed by atoms with van der Waals surface area (Å²) < 4.78 is 5.38. The second kappa shape index (κ2) is 3.47. The quantitative estimate of drug-likeness (QED) is 0.735. The van der Waals surface area contributed by atoms with Crippen molar-refractivity contribution >= 4 is 17.2 Å². The molecule has 0 saturated carbocycles. The first-order chi connectivity index (χ1) is 6.25. The topological polar surface area (TPSA) is 38.3 Å². The molecular formula is C9H11NO2S. The fraction of sp³-hybridized carbons (Fsp3) is 0.444. The monoisotopic (exact) mass is 197 g/mol. The van der Waals surface area contributed by atoms with Gasteiger partial charge in [0.05, 0.1) is 0 Å². The zero-order valence-corrected chi connectivity index (χ0v) is 8.19. The molecule has 1 aromatic rings. The number of ether oxygens (including phenoxy) is 1. The van der Waals surface area contributed by atoms with Crippen LogP contribution in [0.25, 0.3) is 0 Å². The molecule has 0 aromatic carbocycles. The van der Waals surface area contributed by atoms with Crippen LogP contribution in [0.3, 0.4) is 0 Å². The molecule has 0 radical (unpaired) electrons. The molecule has 1 aliphatic heterocycles. The second-order valence-corrected chi connectivity index (χ2v) is 4.21. The van der Waals surface area contributed by atoms with Crippen LogP contribution in [0.4, 0.5) is 0 Å². The van der Waals surface area contributed by atoms with Crippen LogP contribution in [-0.2, 0) is 9.53 Å². The lowest BCUT2D eigenvalue weighted by molar-refractivity contribution is -0.133. The Hall–Kier alpha value is -0.870. The molecule has 2 heterocycles. The molecule has 4 heteroatoms. The van der Waals surface area contributed by atoms with Crippen molar-refractivity contribution in [2.45, 2.75) is 13.0 Å². The summed E-state index contributed by atoms with van der Waals surface area (Å²) >= 11 is 1.71. The Kier molecular flexibility index (Phi) is 2.33. The van der Waals surface area contributed by atoms with Gasteiger partial charge >= 0.3 is 0 Å². The number of nitrogens with one attached hydrogen (secondary N) is 1. The first-order valence-corrected chi connectivity index (χ1v) is 5.07. The van der Waals surface area contributed by atoms with Crippen LogP contribution in [0.2, 0.25) is 0 Å². The van der Waals surface area contributed by atoms with E-state index in [1.54, 1.807) is 11.3 Å². The van der Waals surface area contributed by atoms with Crippen LogP contribution in [-0.4, -0.2) is 19.1 Å². The van der Waals surface area contributed by atoms with Crippen LogP contribution < -0.4 is 5.32 Å². The first-order valence-electron chi connectivity index (χ1n) is 4.19. The van der Waals surface area contributed by atoms with E-state index in [-0.39, 0.29) is 18.6 Å². The van der Waals surface area contributed by atoms with Gasteiger partial charge in [0, 0.05) is 11.4 Å². The Balaban J connectivity index is 2.06. The maximum Gasteiger partial charge on any atom is 0.246 e. The average molecular weight is 197 g/mol. The van der Waals surface area contributed by atoms with Crippen molar-refractivity contribution in [1.82, 2.24) is 5.32 Å². The Morgan fingerprint density at radius 2 is 2.54 bits per heavy atom. The summed E-state index contributed by atoms with van der Waals surface area (Å²) in [6.45, 7) is 2.84. The molecule has 0 spiro atoms. The van der Waals surface area contributed by atoms with Crippen molar-refractivity contribution in [3.63, 3.8) is 0 Å². The zero-order valence-electron chi connectivity index (χ0n) is 7.37. The van der Waals surface area contributed by atoms with E-state index in [4.69, 9.17) is 4.74 Å². The number of rotatable bonds is 1. The number of morpholine rings is 1. The van der Waals surface area contributed by atoms with Gasteiger partial charge in [0.15, 0.2) is 0 Å². The molecule has 0 aliphatic carbocycles. The fourth-order valence-electron chi connectivity index (χ4n) is 1.34. The SMILES string of the molecule is Cc1cc(C2CNC(=O)CO2)cs1. The van der Waals surface area contributed by atoms with Gasteiger partial charge in [-0.15, -0.1) is 11.3 Å². The Morgan fingerprint density at radius 1 is 1.69 bits per heavy atom. The van der Waals surface area contributed by atoms with Gasteiger partial charge in [0.25, 0.3) is 0 Å². The van der Waals surface area contributed by atoms with Gasteiger partial charge in [-0.3, -0.25) is 4.79 Å². The summed E-state index contributed by atoms with van der Waals surface area (Å²) in [7, 11) is 0. The zero-order chi connectivity index (χ0) is 9.26. The van der Waals surface area contributed by atoms with Gasteiger partial charge < -0.3 is 10.1 Å². The second-order valence-electron chi connectivity index (χ2n) is 3.09. The van der Waals surface area contributed by atoms with Gasteiger partial charge in [0.1, 0.15) is 12.7 Å². The van der Waals surface area contributed by atoms with Crippen molar-refractivity contribution in [2.24, 2.45) is 0 Å². The van der Waals surface area contributed by atoms with Gasteiger partial charge in [-0.1, -0.05) is 0 Å². The highest BCUT2D eigenvalue weighted by atomic mass is 32.1. The molecule has 1 unspecified atom stereocenters. The van der Waals surface area contributed by atoms with Crippen molar-refractivity contribution in [3.05, 3.63) is 21.9 Å². The largest absolute Gasteiger partial charge is 0.362 e. The predicted molar refractivity (Wildman–Crippen MR) is 50.8 cm³/mol. The summed E-state index contributed by atoms with van der Waals surface area (Å²) in [4.78, 5) is 12.1. The van der Waals surface area contributed by atoms with Crippen molar-refractivity contribution in [3.8, 4) is 0 Å². The van der Waals surface area contributed by atoms with Crippen LogP contribution >= 0.6 is 11.3 Å². The number of thiophene rings is 1. The third kappa shape index (κ3) is 1.89. The summed E-state index contributed by atoms with van der Waals surface area (Å²) in [5, 5.41) is 4.86. The molecule has 1 saturated heterocycles. The third-order valence-electron chi connectivity index (χ3n) is 2.02. The minimum Gasteiger partial charge on any atom is -0.362 e. The first kappa shape index (κ1) is 8.72. The summed E-state index contributed by atoms with van der Waals surface area (Å²) in [5.74, 6) is -0.0248.